The van der Waals surface area contributed by atoms with Crippen molar-refractivity contribution in [2.75, 3.05) is 32.1 Å². The number of nitrogens with zero attached hydrogens (tertiary/aromatic N) is 1. The Hall–Kier alpha value is -0.510. The smallest absolute Gasteiger partial charge is 0.0853 e. The molecule has 0 aromatic heterocycles. The zero-order chi connectivity index (χ0) is 13.6. The summed E-state index contributed by atoms with van der Waals surface area (Å²) in [5, 5.41) is 10.5. The quantitative estimate of drug-likeness (QED) is 0.821. The van der Waals surface area contributed by atoms with Crippen LogP contribution >= 0.6 is 11.8 Å². The Labute approximate surface area is 115 Å². The van der Waals surface area contributed by atoms with Gasteiger partial charge in [-0.25, -0.2) is 0 Å². The first-order chi connectivity index (χ1) is 8.47. The van der Waals surface area contributed by atoms with Crippen molar-refractivity contribution >= 4 is 11.8 Å². The molecule has 0 aliphatic heterocycles. The fraction of sp³-hybridized carbons (Fsp3) is 0.600. The third-order valence-electron chi connectivity index (χ3n) is 3.21. The van der Waals surface area contributed by atoms with Gasteiger partial charge in [-0.15, -0.1) is 0 Å². The van der Waals surface area contributed by atoms with Gasteiger partial charge in [0.1, 0.15) is 0 Å². The summed E-state index contributed by atoms with van der Waals surface area (Å²) in [7, 11) is 2.12. The third kappa shape index (κ3) is 4.63. The summed E-state index contributed by atoms with van der Waals surface area (Å²) in [6.07, 6.45) is 1.70. The van der Waals surface area contributed by atoms with Crippen molar-refractivity contribution < 1.29 is 5.11 Å². The molecule has 1 rings (SSSR count). The van der Waals surface area contributed by atoms with Gasteiger partial charge in [0.25, 0.3) is 0 Å². The molecule has 1 aromatic carbocycles. The monoisotopic (exact) mass is 267 g/mol. The van der Waals surface area contributed by atoms with Crippen molar-refractivity contribution in [1.82, 2.24) is 4.90 Å². The van der Waals surface area contributed by atoms with Gasteiger partial charge in [-0.2, -0.15) is 11.8 Å². The molecule has 0 saturated heterocycles. The first-order valence-corrected chi connectivity index (χ1v) is 7.77. The molecule has 0 spiro atoms. The molecule has 0 fully saturated rings. The lowest BCUT2D eigenvalue weighted by molar-refractivity contribution is 0.0271. The fourth-order valence-electron chi connectivity index (χ4n) is 2.19. The van der Waals surface area contributed by atoms with Crippen molar-refractivity contribution in [2.24, 2.45) is 5.41 Å². The lowest BCUT2D eigenvalue weighted by atomic mass is 9.82. The Kier molecular flexibility index (Phi) is 6.19. The highest BCUT2D eigenvalue weighted by Crippen LogP contribution is 2.33. The maximum absolute atomic E-state index is 10.5. The maximum atomic E-state index is 10.5. The Morgan fingerprint density at radius 2 is 1.89 bits per heavy atom. The summed E-state index contributed by atoms with van der Waals surface area (Å²) in [6.45, 7) is 6.20. The number of aliphatic hydroxyl groups excluding tert-OH is 1. The van der Waals surface area contributed by atoms with E-state index in [1.807, 2.05) is 42.1 Å². The highest BCUT2D eigenvalue weighted by Gasteiger charge is 2.30. The van der Waals surface area contributed by atoms with Crippen LogP contribution in [0.15, 0.2) is 30.3 Å². The number of aliphatic hydroxyl groups is 1. The maximum Gasteiger partial charge on any atom is 0.0853 e. The summed E-state index contributed by atoms with van der Waals surface area (Å²) in [5.41, 5.74) is 0.856. The van der Waals surface area contributed by atoms with Crippen molar-refractivity contribution in [1.29, 1.82) is 0 Å². The van der Waals surface area contributed by atoms with Crippen LogP contribution in [-0.2, 0) is 0 Å². The highest BCUT2D eigenvalue weighted by atomic mass is 32.2. The van der Waals surface area contributed by atoms with Crippen molar-refractivity contribution in [2.45, 2.75) is 20.0 Å². The molecule has 1 unspecified atom stereocenters. The Bertz CT molecular complexity index is 340. The number of hydrogen-bond acceptors (Lipinski definition) is 3. The van der Waals surface area contributed by atoms with Crippen LogP contribution in [0, 0.1) is 5.41 Å². The van der Waals surface area contributed by atoms with Crippen molar-refractivity contribution in [3.63, 3.8) is 0 Å². The Balaban J connectivity index is 2.62. The predicted molar refractivity (Wildman–Crippen MR) is 81.1 cm³/mol. The van der Waals surface area contributed by atoms with Gasteiger partial charge in [0.05, 0.1) is 6.10 Å². The Morgan fingerprint density at radius 3 is 2.44 bits per heavy atom. The van der Waals surface area contributed by atoms with E-state index in [4.69, 9.17) is 0 Å². The molecule has 1 atom stereocenters. The minimum Gasteiger partial charge on any atom is -0.388 e. The molecule has 3 heteroatoms. The molecule has 2 nitrogen and oxygen atoms in total. The highest BCUT2D eigenvalue weighted by molar-refractivity contribution is 7.98. The largest absolute Gasteiger partial charge is 0.388 e. The van der Waals surface area contributed by atoms with E-state index >= 15 is 0 Å². The number of rotatable bonds is 7. The average molecular weight is 267 g/mol. The van der Waals surface area contributed by atoms with E-state index in [-0.39, 0.29) is 5.41 Å². The Morgan fingerprint density at radius 1 is 1.28 bits per heavy atom. The third-order valence-corrected chi connectivity index (χ3v) is 3.80. The first-order valence-electron chi connectivity index (χ1n) is 6.38. The van der Waals surface area contributed by atoms with E-state index in [2.05, 4.69) is 32.1 Å². The fourth-order valence-corrected chi connectivity index (χ4v) is 2.69. The van der Waals surface area contributed by atoms with E-state index in [9.17, 15) is 5.11 Å². The summed E-state index contributed by atoms with van der Waals surface area (Å²) in [6, 6.07) is 9.93. The standard InChI is InChI=1S/C15H25NOS/c1-15(2,12-16(3)10-11-18-4)14(17)13-8-6-5-7-9-13/h5-9,14,17H,10-12H2,1-4H3. The molecule has 0 bridgehead atoms. The van der Waals surface area contributed by atoms with Gasteiger partial charge in [-0.05, 0) is 18.9 Å². The van der Waals surface area contributed by atoms with Crippen LogP contribution in [0.3, 0.4) is 0 Å². The van der Waals surface area contributed by atoms with E-state index in [1.54, 1.807) is 0 Å². The average Bonchev–Trinajstić information content (AvgIpc) is 2.36. The van der Waals surface area contributed by atoms with Gasteiger partial charge in [0.2, 0.25) is 0 Å². The topological polar surface area (TPSA) is 23.5 Å². The molecule has 0 radical (unpaired) electrons. The molecule has 18 heavy (non-hydrogen) atoms. The van der Waals surface area contributed by atoms with Gasteiger partial charge in [0.15, 0.2) is 0 Å². The lowest BCUT2D eigenvalue weighted by Gasteiger charge is -2.34. The van der Waals surface area contributed by atoms with Crippen LogP contribution in [0.5, 0.6) is 0 Å². The molecule has 0 saturated carbocycles. The second kappa shape index (κ2) is 7.17. The number of hydrogen-bond donors (Lipinski definition) is 1. The SMILES string of the molecule is CSCCN(C)CC(C)(C)C(O)c1ccccc1. The van der Waals surface area contributed by atoms with Gasteiger partial charge in [-0.3, -0.25) is 0 Å². The lowest BCUT2D eigenvalue weighted by Crippen LogP contribution is -2.36. The second-order valence-corrected chi connectivity index (χ2v) is 6.52. The number of thioether (sulfide) groups is 1. The molecule has 0 heterocycles. The molecule has 102 valence electrons. The van der Waals surface area contributed by atoms with Crippen LogP contribution < -0.4 is 0 Å². The predicted octanol–water partition coefficient (Wildman–Crippen LogP) is 3.04. The molecular formula is C15H25NOS. The molecule has 0 aliphatic carbocycles. The van der Waals surface area contributed by atoms with Crippen LogP contribution in [0.4, 0.5) is 0 Å². The molecule has 0 aliphatic rings. The van der Waals surface area contributed by atoms with Crippen LogP contribution in [0.25, 0.3) is 0 Å². The molecule has 0 amide bonds. The van der Waals surface area contributed by atoms with E-state index < -0.39 is 6.10 Å². The van der Waals surface area contributed by atoms with Gasteiger partial charge < -0.3 is 10.0 Å². The summed E-state index contributed by atoms with van der Waals surface area (Å²) < 4.78 is 0. The van der Waals surface area contributed by atoms with E-state index in [0.29, 0.717) is 0 Å². The molecular weight excluding hydrogens is 242 g/mol. The summed E-state index contributed by atoms with van der Waals surface area (Å²) in [5.74, 6) is 1.13. The van der Waals surface area contributed by atoms with Crippen molar-refractivity contribution in [3.8, 4) is 0 Å². The van der Waals surface area contributed by atoms with Crippen LogP contribution in [0.1, 0.15) is 25.5 Å². The first kappa shape index (κ1) is 15.5. The van der Waals surface area contributed by atoms with E-state index in [0.717, 1.165) is 24.4 Å². The van der Waals surface area contributed by atoms with Gasteiger partial charge in [0, 0.05) is 24.3 Å². The van der Waals surface area contributed by atoms with Gasteiger partial charge in [-0.1, -0.05) is 44.2 Å². The second-order valence-electron chi connectivity index (χ2n) is 5.53. The molecule has 1 N–H and O–H groups in total. The zero-order valence-corrected chi connectivity index (χ0v) is 12.7. The van der Waals surface area contributed by atoms with E-state index in [1.165, 1.54) is 0 Å². The molecule has 1 aromatic rings. The van der Waals surface area contributed by atoms with Crippen molar-refractivity contribution in [3.05, 3.63) is 35.9 Å². The normalized spacial score (nSPS) is 13.9. The zero-order valence-electron chi connectivity index (χ0n) is 11.9. The van der Waals surface area contributed by atoms with Crippen LogP contribution in [-0.4, -0.2) is 42.2 Å². The van der Waals surface area contributed by atoms with Gasteiger partial charge >= 0.3 is 0 Å². The van der Waals surface area contributed by atoms with Crippen LogP contribution in [0.2, 0.25) is 0 Å². The minimum absolute atomic E-state index is 0.144. The minimum atomic E-state index is -0.421. The number of benzene rings is 1. The summed E-state index contributed by atoms with van der Waals surface area (Å²) in [4.78, 5) is 2.29. The summed E-state index contributed by atoms with van der Waals surface area (Å²) >= 11 is 1.86.